The number of rotatable bonds is 6. The summed E-state index contributed by atoms with van der Waals surface area (Å²) in [4.78, 5) is 0. The molecule has 1 aromatic carbocycles. The Morgan fingerprint density at radius 2 is 2.06 bits per heavy atom. The van der Waals surface area contributed by atoms with E-state index in [2.05, 4.69) is 51.2 Å². The third-order valence-corrected chi connectivity index (χ3v) is 2.64. The maximum atomic E-state index is 5.91. The minimum absolute atomic E-state index is 0.264. The van der Waals surface area contributed by atoms with Crippen LogP contribution in [0.3, 0.4) is 0 Å². The summed E-state index contributed by atoms with van der Waals surface area (Å²) in [5.74, 6) is 1.01. The lowest BCUT2D eigenvalue weighted by molar-refractivity contribution is 0.209. The summed E-state index contributed by atoms with van der Waals surface area (Å²) >= 11 is 0. The molecule has 0 heterocycles. The van der Waals surface area contributed by atoms with E-state index >= 15 is 0 Å². The lowest BCUT2D eigenvalue weighted by Gasteiger charge is -2.16. The van der Waals surface area contributed by atoms with Crippen molar-refractivity contribution < 1.29 is 4.74 Å². The Morgan fingerprint density at radius 1 is 1.31 bits per heavy atom. The van der Waals surface area contributed by atoms with Gasteiger partial charge in [0.25, 0.3) is 0 Å². The minimum Gasteiger partial charge on any atom is -0.490 e. The topological polar surface area (TPSA) is 21.3 Å². The lowest BCUT2D eigenvalue weighted by Crippen LogP contribution is -2.22. The van der Waals surface area contributed by atoms with Crippen LogP contribution in [0.25, 0.3) is 0 Å². The molecule has 2 nitrogen and oxygen atoms in total. The summed E-state index contributed by atoms with van der Waals surface area (Å²) in [6.07, 6.45) is 1.31. The van der Waals surface area contributed by atoms with E-state index in [1.54, 1.807) is 0 Å². The highest BCUT2D eigenvalue weighted by molar-refractivity contribution is 5.35. The minimum atomic E-state index is 0.264. The molecule has 0 aliphatic rings. The Kier molecular flexibility index (Phi) is 5.33. The van der Waals surface area contributed by atoms with E-state index in [0.717, 1.165) is 25.3 Å². The van der Waals surface area contributed by atoms with Crippen LogP contribution in [0.1, 0.15) is 31.4 Å². The number of hydrogen-bond donors (Lipinski definition) is 1. The molecule has 0 aliphatic carbocycles. The molecule has 0 aromatic heterocycles. The smallest absolute Gasteiger partial charge is 0.122 e. The first-order valence-electron chi connectivity index (χ1n) is 6.08. The van der Waals surface area contributed by atoms with Crippen molar-refractivity contribution in [3.63, 3.8) is 0 Å². The van der Waals surface area contributed by atoms with Crippen LogP contribution in [0.4, 0.5) is 0 Å². The quantitative estimate of drug-likeness (QED) is 0.745. The van der Waals surface area contributed by atoms with Crippen molar-refractivity contribution in [2.24, 2.45) is 0 Å². The average Bonchev–Trinajstić information content (AvgIpc) is 2.23. The third-order valence-electron chi connectivity index (χ3n) is 2.64. The van der Waals surface area contributed by atoms with Gasteiger partial charge in [0, 0.05) is 0 Å². The monoisotopic (exact) mass is 221 g/mol. The Labute approximate surface area is 99.0 Å². The number of benzene rings is 1. The molecular formula is C14H23NO. The number of hydrogen-bond acceptors (Lipinski definition) is 2. The molecule has 0 spiro atoms. The molecule has 2 heteroatoms. The molecule has 0 saturated carbocycles. The van der Waals surface area contributed by atoms with E-state index in [1.807, 2.05) is 0 Å². The van der Waals surface area contributed by atoms with Crippen LogP contribution >= 0.6 is 0 Å². The molecule has 0 fully saturated rings. The van der Waals surface area contributed by atoms with Gasteiger partial charge in [0.1, 0.15) is 5.75 Å². The average molecular weight is 221 g/mol. The molecule has 1 rings (SSSR count). The molecule has 1 unspecified atom stereocenters. The Hall–Kier alpha value is -1.02. The summed E-state index contributed by atoms with van der Waals surface area (Å²) in [6.45, 7) is 10.5. The Bertz CT molecular complexity index is 323. The van der Waals surface area contributed by atoms with Gasteiger partial charge in [-0.15, -0.1) is 0 Å². The fourth-order valence-electron chi connectivity index (χ4n) is 1.69. The third kappa shape index (κ3) is 4.23. The van der Waals surface area contributed by atoms with Crippen LogP contribution in [-0.4, -0.2) is 19.2 Å². The van der Waals surface area contributed by atoms with Gasteiger partial charge in [-0.05, 0) is 51.9 Å². The van der Waals surface area contributed by atoms with E-state index in [1.165, 1.54) is 11.1 Å². The first-order chi connectivity index (χ1) is 7.63. The van der Waals surface area contributed by atoms with Crippen LogP contribution in [0.5, 0.6) is 5.75 Å². The first-order valence-corrected chi connectivity index (χ1v) is 6.08. The fraction of sp³-hybridized carbons (Fsp3) is 0.571. The van der Waals surface area contributed by atoms with Crippen LogP contribution in [-0.2, 0) is 0 Å². The Balaban J connectivity index is 2.46. The van der Waals surface area contributed by atoms with Gasteiger partial charge in [-0.25, -0.2) is 0 Å². The predicted molar refractivity (Wildman–Crippen MR) is 69.2 cm³/mol. The molecular weight excluding hydrogens is 198 g/mol. The van der Waals surface area contributed by atoms with Gasteiger partial charge >= 0.3 is 0 Å². The molecule has 1 atom stereocenters. The van der Waals surface area contributed by atoms with Gasteiger partial charge in [0.15, 0.2) is 0 Å². The van der Waals surface area contributed by atoms with Crippen molar-refractivity contribution in [2.45, 2.75) is 40.2 Å². The lowest BCUT2D eigenvalue weighted by atomic mass is 10.1. The fourth-order valence-corrected chi connectivity index (χ4v) is 1.69. The highest BCUT2D eigenvalue weighted by Gasteiger charge is 2.05. The first kappa shape index (κ1) is 13.0. The van der Waals surface area contributed by atoms with Gasteiger partial charge in [-0.2, -0.15) is 0 Å². The molecule has 16 heavy (non-hydrogen) atoms. The van der Waals surface area contributed by atoms with Crippen molar-refractivity contribution >= 4 is 0 Å². The SMILES string of the molecule is CCNCCC(C)Oc1ccc(C)cc1C. The normalized spacial score (nSPS) is 12.5. The molecule has 1 aromatic rings. The van der Waals surface area contributed by atoms with Gasteiger partial charge in [-0.3, -0.25) is 0 Å². The second-order valence-corrected chi connectivity index (χ2v) is 4.34. The van der Waals surface area contributed by atoms with Gasteiger partial charge in [0.2, 0.25) is 0 Å². The Morgan fingerprint density at radius 3 is 2.69 bits per heavy atom. The van der Waals surface area contributed by atoms with E-state index in [-0.39, 0.29) is 6.10 Å². The molecule has 90 valence electrons. The second-order valence-electron chi connectivity index (χ2n) is 4.34. The standard InChI is InChI=1S/C14H23NO/c1-5-15-9-8-13(4)16-14-7-6-11(2)10-12(14)3/h6-7,10,13,15H,5,8-9H2,1-4H3. The van der Waals surface area contributed by atoms with Gasteiger partial charge in [0.05, 0.1) is 6.10 Å². The zero-order chi connectivity index (χ0) is 12.0. The second kappa shape index (κ2) is 6.54. The largest absolute Gasteiger partial charge is 0.490 e. The van der Waals surface area contributed by atoms with E-state index in [9.17, 15) is 0 Å². The molecule has 0 bridgehead atoms. The highest BCUT2D eigenvalue weighted by Crippen LogP contribution is 2.20. The summed E-state index contributed by atoms with van der Waals surface area (Å²) in [7, 11) is 0. The van der Waals surface area contributed by atoms with E-state index in [0.29, 0.717) is 0 Å². The van der Waals surface area contributed by atoms with E-state index < -0.39 is 0 Å². The van der Waals surface area contributed by atoms with Gasteiger partial charge < -0.3 is 10.1 Å². The highest BCUT2D eigenvalue weighted by atomic mass is 16.5. The van der Waals surface area contributed by atoms with Crippen molar-refractivity contribution in [3.8, 4) is 5.75 Å². The van der Waals surface area contributed by atoms with Crippen LogP contribution < -0.4 is 10.1 Å². The molecule has 0 radical (unpaired) electrons. The zero-order valence-electron chi connectivity index (χ0n) is 10.8. The van der Waals surface area contributed by atoms with Crippen molar-refractivity contribution in [2.75, 3.05) is 13.1 Å². The number of aryl methyl sites for hydroxylation is 2. The van der Waals surface area contributed by atoms with Crippen LogP contribution in [0.2, 0.25) is 0 Å². The number of nitrogens with one attached hydrogen (secondary N) is 1. The molecule has 0 aliphatic heterocycles. The maximum absolute atomic E-state index is 5.91. The zero-order valence-corrected chi connectivity index (χ0v) is 10.8. The summed E-state index contributed by atoms with van der Waals surface area (Å²) in [6, 6.07) is 6.32. The van der Waals surface area contributed by atoms with Gasteiger partial charge in [-0.1, -0.05) is 24.6 Å². The molecule has 1 N–H and O–H groups in total. The maximum Gasteiger partial charge on any atom is 0.122 e. The van der Waals surface area contributed by atoms with Crippen LogP contribution in [0, 0.1) is 13.8 Å². The van der Waals surface area contributed by atoms with Crippen molar-refractivity contribution in [3.05, 3.63) is 29.3 Å². The summed E-state index contributed by atoms with van der Waals surface area (Å²) in [5.41, 5.74) is 2.50. The summed E-state index contributed by atoms with van der Waals surface area (Å²) in [5, 5.41) is 3.31. The van der Waals surface area contributed by atoms with Crippen molar-refractivity contribution in [1.82, 2.24) is 5.32 Å². The van der Waals surface area contributed by atoms with Crippen LogP contribution in [0.15, 0.2) is 18.2 Å². The van der Waals surface area contributed by atoms with Crippen molar-refractivity contribution in [1.29, 1.82) is 0 Å². The van der Waals surface area contributed by atoms with E-state index in [4.69, 9.17) is 4.74 Å². The number of ether oxygens (including phenoxy) is 1. The molecule has 0 amide bonds. The molecule has 0 saturated heterocycles. The predicted octanol–water partition coefficient (Wildman–Crippen LogP) is 3.07. The summed E-state index contributed by atoms with van der Waals surface area (Å²) < 4.78 is 5.91.